The topological polar surface area (TPSA) is 58.6 Å². The molecule has 2 aliphatic rings. The van der Waals surface area contributed by atoms with E-state index in [0.29, 0.717) is 12.5 Å². The first-order chi connectivity index (χ1) is 6.29. The van der Waals surface area contributed by atoms with Crippen molar-refractivity contribution < 1.29 is 14.6 Å². The summed E-state index contributed by atoms with van der Waals surface area (Å²) in [5.41, 5.74) is 0. The Balaban J connectivity index is 2.09. The van der Waals surface area contributed by atoms with Gasteiger partial charge < -0.3 is 15.2 Å². The van der Waals surface area contributed by atoms with Crippen molar-refractivity contribution in [3.63, 3.8) is 0 Å². The molecule has 72 valence electrons. The molecule has 2 aliphatic heterocycles. The molecular formula is C9H13NO3. The number of carboxylic acids is 1. The molecule has 1 fully saturated rings. The molecule has 4 heteroatoms. The third kappa shape index (κ3) is 1.59. The van der Waals surface area contributed by atoms with E-state index >= 15 is 0 Å². The molecule has 0 radical (unpaired) electrons. The fourth-order valence-electron chi connectivity index (χ4n) is 1.97. The van der Waals surface area contributed by atoms with E-state index in [-0.39, 0.29) is 6.10 Å². The lowest BCUT2D eigenvalue weighted by Gasteiger charge is -2.18. The number of fused-ring (bicyclic) bond motifs is 1. The van der Waals surface area contributed by atoms with Crippen molar-refractivity contribution in [2.24, 2.45) is 5.92 Å². The number of aliphatic carboxylic acids is 1. The van der Waals surface area contributed by atoms with Gasteiger partial charge in [0.25, 0.3) is 0 Å². The first-order valence-electron chi connectivity index (χ1n) is 4.52. The predicted molar refractivity (Wildman–Crippen MR) is 46.4 cm³/mol. The minimum absolute atomic E-state index is 0.160. The van der Waals surface area contributed by atoms with Gasteiger partial charge in [0.2, 0.25) is 0 Å². The zero-order chi connectivity index (χ0) is 9.26. The molecule has 13 heavy (non-hydrogen) atoms. The van der Waals surface area contributed by atoms with Crippen LogP contribution in [0, 0.1) is 5.92 Å². The number of hydrogen-bond acceptors (Lipinski definition) is 3. The van der Waals surface area contributed by atoms with Crippen molar-refractivity contribution in [2.45, 2.75) is 18.6 Å². The fraction of sp³-hybridized carbons (Fsp3) is 0.667. The molecule has 1 saturated heterocycles. The lowest BCUT2D eigenvalue weighted by molar-refractivity contribution is -0.142. The summed E-state index contributed by atoms with van der Waals surface area (Å²) in [6, 6.07) is -0.523. The summed E-state index contributed by atoms with van der Waals surface area (Å²) < 4.78 is 5.47. The molecule has 4 nitrogen and oxygen atoms in total. The van der Waals surface area contributed by atoms with E-state index in [9.17, 15) is 4.79 Å². The van der Waals surface area contributed by atoms with Crippen molar-refractivity contribution in [1.29, 1.82) is 0 Å². The van der Waals surface area contributed by atoms with Gasteiger partial charge in [-0.1, -0.05) is 12.2 Å². The Morgan fingerprint density at radius 3 is 3.15 bits per heavy atom. The molecule has 0 aromatic rings. The molecule has 0 spiro atoms. The summed E-state index contributed by atoms with van der Waals surface area (Å²) in [5, 5.41) is 11.8. The highest BCUT2D eigenvalue weighted by atomic mass is 16.5. The maximum Gasteiger partial charge on any atom is 0.323 e. The van der Waals surface area contributed by atoms with Crippen LogP contribution in [0.25, 0.3) is 0 Å². The second-order valence-electron chi connectivity index (χ2n) is 3.49. The molecule has 0 saturated carbocycles. The fourth-order valence-corrected chi connectivity index (χ4v) is 1.97. The minimum Gasteiger partial charge on any atom is -0.480 e. The van der Waals surface area contributed by atoms with Crippen LogP contribution in [0.3, 0.4) is 0 Å². The van der Waals surface area contributed by atoms with Crippen molar-refractivity contribution in [3.05, 3.63) is 12.2 Å². The highest BCUT2D eigenvalue weighted by Gasteiger charge is 2.40. The molecule has 3 atom stereocenters. The lowest BCUT2D eigenvalue weighted by Crippen LogP contribution is -2.40. The van der Waals surface area contributed by atoms with Crippen LogP contribution in [-0.4, -0.2) is 36.4 Å². The Labute approximate surface area is 76.6 Å². The first-order valence-corrected chi connectivity index (χ1v) is 4.52. The average molecular weight is 183 g/mol. The molecule has 0 aromatic carbocycles. The van der Waals surface area contributed by atoms with E-state index < -0.39 is 12.0 Å². The maximum absolute atomic E-state index is 10.8. The Morgan fingerprint density at radius 1 is 1.54 bits per heavy atom. The van der Waals surface area contributed by atoms with Gasteiger partial charge in [-0.05, 0) is 6.42 Å². The normalized spacial score (nSPS) is 38.3. The Hall–Kier alpha value is -0.870. The van der Waals surface area contributed by atoms with E-state index in [2.05, 4.69) is 11.4 Å². The number of rotatable bonds is 1. The smallest absolute Gasteiger partial charge is 0.323 e. The number of carboxylic acid groups (broad SMARTS) is 1. The van der Waals surface area contributed by atoms with Crippen LogP contribution in [0.2, 0.25) is 0 Å². The Kier molecular flexibility index (Phi) is 2.33. The molecule has 2 N–H and O–H groups in total. The van der Waals surface area contributed by atoms with Gasteiger partial charge >= 0.3 is 5.97 Å². The van der Waals surface area contributed by atoms with Gasteiger partial charge in [-0.2, -0.15) is 0 Å². The third-order valence-corrected chi connectivity index (χ3v) is 2.65. The van der Waals surface area contributed by atoms with Gasteiger partial charge in [0.05, 0.1) is 12.7 Å². The third-order valence-electron chi connectivity index (χ3n) is 2.65. The minimum atomic E-state index is -0.811. The molecular weight excluding hydrogens is 170 g/mol. The number of allylic oxidation sites excluding steroid dienone is 1. The maximum atomic E-state index is 10.8. The standard InChI is InChI=1S/C9H13NO3/c11-9(12)7-8-6(5-10-7)3-1-2-4-13-8/h1-2,6-8,10H,3-5H2,(H,11,12). The van der Waals surface area contributed by atoms with Crippen LogP contribution in [0.1, 0.15) is 6.42 Å². The van der Waals surface area contributed by atoms with Crippen LogP contribution < -0.4 is 5.32 Å². The van der Waals surface area contributed by atoms with E-state index in [0.717, 1.165) is 13.0 Å². The van der Waals surface area contributed by atoms with Crippen LogP contribution in [0.4, 0.5) is 0 Å². The quantitative estimate of drug-likeness (QED) is 0.562. The van der Waals surface area contributed by atoms with Gasteiger partial charge in [-0.25, -0.2) is 0 Å². The summed E-state index contributed by atoms with van der Waals surface area (Å²) in [4.78, 5) is 10.8. The van der Waals surface area contributed by atoms with Gasteiger partial charge in [0.1, 0.15) is 6.04 Å². The summed E-state index contributed by atoms with van der Waals surface area (Å²) in [7, 11) is 0. The molecule has 0 bridgehead atoms. The zero-order valence-electron chi connectivity index (χ0n) is 7.27. The van der Waals surface area contributed by atoms with E-state index in [1.54, 1.807) is 0 Å². The molecule has 2 heterocycles. The summed E-state index contributed by atoms with van der Waals surface area (Å²) in [6.07, 6.45) is 4.78. The summed E-state index contributed by atoms with van der Waals surface area (Å²) >= 11 is 0. The molecule has 3 unspecified atom stereocenters. The van der Waals surface area contributed by atoms with Crippen LogP contribution in [-0.2, 0) is 9.53 Å². The highest BCUT2D eigenvalue weighted by Crippen LogP contribution is 2.24. The van der Waals surface area contributed by atoms with E-state index in [1.165, 1.54) is 0 Å². The SMILES string of the molecule is O=C(O)C1NCC2CC=CCOC21. The van der Waals surface area contributed by atoms with Crippen molar-refractivity contribution in [2.75, 3.05) is 13.2 Å². The number of carbonyl (C=O) groups is 1. The molecule has 2 rings (SSSR count). The summed E-state index contributed by atoms with van der Waals surface area (Å²) in [6.45, 7) is 1.28. The van der Waals surface area contributed by atoms with Crippen LogP contribution in [0.15, 0.2) is 12.2 Å². The van der Waals surface area contributed by atoms with Gasteiger partial charge in [-0.3, -0.25) is 4.79 Å². The van der Waals surface area contributed by atoms with Crippen molar-refractivity contribution in [1.82, 2.24) is 5.32 Å². The summed E-state index contributed by atoms with van der Waals surface area (Å²) in [5.74, 6) is -0.491. The first kappa shape index (κ1) is 8.72. The lowest BCUT2D eigenvalue weighted by atomic mass is 9.98. The van der Waals surface area contributed by atoms with Gasteiger partial charge in [-0.15, -0.1) is 0 Å². The Morgan fingerprint density at radius 2 is 2.38 bits per heavy atom. The average Bonchev–Trinajstić information content (AvgIpc) is 2.36. The molecule has 0 aliphatic carbocycles. The second kappa shape index (κ2) is 3.47. The molecule has 0 amide bonds. The largest absolute Gasteiger partial charge is 0.480 e. The van der Waals surface area contributed by atoms with E-state index in [4.69, 9.17) is 9.84 Å². The number of ether oxygens (including phenoxy) is 1. The highest BCUT2D eigenvalue weighted by molar-refractivity contribution is 5.74. The Bertz CT molecular complexity index is 239. The predicted octanol–water partition coefficient (Wildman–Crippen LogP) is 0.00410. The van der Waals surface area contributed by atoms with Gasteiger partial charge in [0, 0.05) is 12.5 Å². The second-order valence-corrected chi connectivity index (χ2v) is 3.49. The number of hydrogen-bond donors (Lipinski definition) is 2. The van der Waals surface area contributed by atoms with Crippen molar-refractivity contribution in [3.8, 4) is 0 Å². The zero-order valence-corrected chi connectivity index (χ0v) is 7.27. The number of nitrogens with one attached hydrogen (secondary N) is 1. The van der Waals surface area contributed by atoms with E-state index in [1.807, 2.05) is 6.08 Å². The molecule has 0 aromatic heterocycles. The van der Waals surface area contributed by atoms with Crippen LogP contribution >= 0.6 is 0 Å². The monoisotopic (exact) mass is 183 g/mol. The van der Waals surface area contributed by atoms with Crippen molar-refractivity contribution >= 4 is 5.97 Å². The van der Waals surface area contributed by atoms with Crippen LogP contribution in [0.5, 0.6) is 0 Å². The van der Waals surface area contributed by atoms with Gasteiger partial charge in [0.15, 0.2) is 0 Å².